The molecule has 0 N–H and O–H groups in total. The molecule has 68 valence electrons. The van der Waals surface area contributed by atoms with Gasteiger partial charge in [-0.05, 0) is 24.1 Å². The maximum Gasteiger partial charge on any atom is 0.304 e. The number of rotatable bonds is 1. The Hall–Kier alpha value is -1.27. The van der Waals surface area contributed by atoms with Crippen molar-refractivity contribution >= 4 is 11.6 Å². The van der Waals surface area contributed by atoms with E-state index in [2.05, 4.69) is 0 Å². The highest BCUT2D eigenvalue weighted by Gasteiger charge is 2.15. The lowest BCUT2D eigenvalue weighted by Gasteiger charge is -2.07. The van der Waals surface area contributed by atoms with Gasteiger partial charge in [-0.25, -0.2) is 0 Å². The molecule has 0 saturated heterocycles. The Kier molecular flexibility index (Phi) is 2.74. The molecular formula is C9H9ClN2O. The summed E-state index contributed by atoms with van der Waals surface area (Å²) >= 11 is 5.66. The van der Waals surface area contributed by atoms with E-state index in [4.69, 9.17) is 16.9 Å². The third kappa shape index (κ3) is 1.58. The van der Waals surface area contributed by atoms with Gasteiger partial charge in [-0.2, -0.15) is 9.99 Å². The zero-order valence-corrected chi connectivity index (χ0v) is 8.22. The standard InChI is InChI=1S/C9H9ClN2O/c1-3-7-4-8(5-11)9(10)12(13)6(7)2/h4H,3H2,1-2H3. The van der Waals surface area contributed by atoms with Crippen molar-refractivity contribution in [1.82, 2.24) is 0 Å². The zero-order chi connectivity index (χ0) is 10.0. The summed E-state index contributed by atoms with van der Waals surface area (Å²) in [5.41, 5.74) is 1.65. The minimum absolute atomic E-state index is 0.0443. The van der Waals surface area contributed by atoms with Crippen molar-refractivity contribution in [3.63, 3.8) is 0 Å². The highest BCUT2D eigenvalue weighted by Crippen LogP contribution is 2.14. The van der Waals surface area contributed by atoms with Crippen molar-refractivity contribution in [2.24, 2.45) is 0 Å². The van der Waals surface area contributed by atoms with Crippen LogP contribution in [0.4, 0.5) is 0 Å². The van der Waals surface area contributed by atoms with Crippen LogP contribution in [-0.4, -0.2) is 0 Å². The van der Waals surface area contributed by atoms with E-state index in [0.717, 1.165) is 12.0 Å². The van der Waals surface area contributed by atoms with Gasteiger partial charge >= 0.3 is 5.15 Å². The van der Waals surface area contributed by atoms with E-state index < -0.39 is 0 Å². The number of nitrogens with zero attached hydrogens (tertiary/aromatic N) is 2. The number of pyridine rings is 1. The molecule has 0 radical (unpaired) electrons. The van der Waals surface area contributed by atoms with Crippen LogP contribution < -0.4 is 4.73 Å². The van der Waals surface area contributed by atoms with E-state index in [9.17, 15) is 5.21 Å². The second kappa shape index (κ2) is 3.63. The SMILES string of the molecule is CCc1cc(C#N)c(Cl)[n+]([O-])c1C. The molecule has 0 aliphatic rings. The van der Waals surface area contributed by atoms with Crippen molar-refractivity contribution in [2.45, 2.75) is 20.3 Å². The fraction of sp³-hybridized carbons (Fsp3) is 0.333. The molecule has 0 bridgehead atoms. The molecule has 4 heteroatoms. The van der Waals surface area contributed by atoms with Crippen molar-refractivity contribution in [2.75, 3.05) is 0 Å². The fourth-order valence-corrected chi connectivity index (χ4v) is 1.39. The normalized spacial score (nSPS) is 9.69. The van der Waals surface area contributed by atoms with Gasteiger partial charge < -0.3 is 5.21 Å². The molecule has 0 atom stereocenters. The number of aromatic nitrogens is 1. The lowest BCUT2D eigenvalue weighted by Crippen LogP contribution is -2.33. The molecule has 13 heavy (non-hydrogen) atoms. The van der Waals surface area contributed by atoms with Gasteiger partial charge in [0, 0.05) is 12.5 Å². The van der Waals surface area contributed by atoms with Crippen LogP contribution in [0.5, 0.6) is 0 Å². The lowest BCUT2D eigenvalue weighted by atomic mass is 10.1. The number of hydrogen-bond acceptors (Lipinski definition) is 2. The summed E-state index contributed by atoms with van der Waals surface area (Å²) in [5, 5.41) is 20.0. The Morgan fingerprint density at radius 2 is 2.31 bits per heavy atom. The molecule has 0 aromatic carbocycles. The Labute approximate surface area is 81.8 Å². The molecule has 3 nitrogen and oxygen atoms in total. The number of halogens is 1. The molecule has 1 aromatic rings. The highest BCUT2D eigenvalue weighted by atomic mass is 35.5. The minimum atomic E-state index is -0.0443. The lowest BCUT2D eigenvalue weighted by molar-refractivity contribution is -0.610. The topological polar surface area (TPSA) is 50.7 Å². The second-order valence-corrected chi connectivity index (χ2v) is 3.08. The molecule has 0 unspecified atom stereocenters. The van der Waals surface area contributed by atoms with Crippen LogP contribution in [-0.2, 0) is 6.42 Å². The Morgan fingerprint density at radius 3 is 2.77 bits per heavy atom. The van der Waals surface area contributed by atoms with Crippen molar-refractivity contribution in [3.05, 3.63) is 33.2 Å². The average molecular weight is 197 g/mol. The van der Waals surface area contributed by atoms with Crippen LogP contribution in [0.25, 0.3) is 0 Å². The van der Waals surface area contributed by atoms with Gasteiger partial charge in [-0.15, -0.1) is 0 Å². The first-order valence-electron chi connectivity index (χ1n) is 3.93. The van der Waals surface area contributed by atoms with Gasteiger partial charge in [0.25, 0.3) is 0 Å². The molecule has 0 saturated carbocycles. The first kappa shape index (κ1) is 9.82. The van der Waals surface area contributed by atoms with Gasteiger partial charge in [0.15, 0.2) is 5.69 Å². The van der Waals surface area contributed by atoms with Crippen molar-refractivity contribution in [1.29, 1.82) is 5.26 Å². The summed E-state index contributed by atoms with van der Waals surface area (Å²) in [6.45, 7) is 3.62. The van der Waals surface area contributed by atoms with E-state index in [0.29, 0.717) is 10.4 Å². The number of nitriles is 1. The van der Waals surface area contributed by atoms with E-state index in [1.807, 2.05) is 13.0 Å². The summed E-state index contributed by atoms with van der Waals surface area (Å²) in [6.07, 6.45) is 0.722. The molecule has 0 amide bonds. The Bertz CT molecular complexity index is 382. The monoisotopic (exact) mass is 196 g/mol. The molecule has 0 aliphatic heterocycles. The van der Waals surface area contributed by atoms with E-state index in [1.54, 1.807) is 13.0 Å². The quantitative estimate of drug-likeness (QED) is 0.390. The van der Waals surface area contributed by atoms with E-state index >= 15 is 0 Å². The van der Waals surface area contributed by atoms with Crippen molar-refractivity contribution in [3.8, 4) is 6.07 Å². The third-order valence-corrected chi connectivity index (χ3v) is 2.35. The number of hydrogen-bond donors (Lipinski definition) is 0. The largest absolute Gasteiger partial charge is 0.617 e. The minimum Gasteiger partial charge on any atom is -0.617 e. The van der Waals surface area contributed by atoms with Crippen LogP contribution in [0.3, 0.4) is 0 Å². The Morgan fingerprint density at radius 1 is 1.69 bits per heavy atom. The summed E-state index contributed by atoms with van der Waals surface area (Å²) in [5.74, 6) is 0. The molecule has 0 fully saturated rings. The molecule has 0 spiro atoms. The predicted molar refractivity (Wildman–Crippen MR) is 49.2 cm³/mol. The van der Waals surface area contributed by atoms with Gasteiger partial charge in [0.1, 0.15) is 11.6 Å². The third-order valence-electron chi connectivity index (χ3n) is 1.99. The summed E-state index contributed by atoms with van der Waals surface area (Å²) in [7, 11) is 0. The molecule has 0 aliphatic carbocycles. The zero-order valence-electron chi connectivity index (χ0n) is 7.47. The van der Waals surface area contributed by atoms with Gasteiger partial charge in [0.05, 0.1) is 0 Å². The smallest absolute Gasteiger partial charge is 0.304 e. The second-order valence-electron chi connectivity index (χ2n) is 2.72. The average Bonchev–Trinajstić information content (AvgIpc) is 2.15. The first-order chi connectivity index (χ1) is 6.11. The number of aryl methyl sites for hydroxylation is 1. The highest BCUT2D eigenvalue weighted by molar-refractivity contribution is 6.29. The molecule has 1 rings (SSSR count). The molecular weight excluding hydrogens is 188 g/mol. The van der Waals surface area contributed by atoms with Crippen LogP contribution in [0.15, 0.2) is 6.07 Å². The summed E-state index contributed by atoms with van der Waals surface area (Å²) in [6, 6.07) is 3.54. The van der Waals surface area contributed by atoms with Crippen LogP contribution >= 0.6 is 11.6 Å². The van der Waals surface area contributed by atoms with Gasteiger partial charge in [0.2, 0.25) is 0 Å². The van der Waals surface area contributed by atoms with Crippen molar-refractivity contribution < 1.29 is 4.73 Å². The maximum atomic E-state index is 11.4. The van der Waals surface area contributed by atoms with Crippen LogP contribution in [0.2, 0.25) is 5.15 Å². The van der Waals surface area contributed by atoms with Gasteiger partial charge in [-0.3, -0.25) is 0 Å². The van der Waals surface area contributed by atoms with E-state index in [1.165, 1.54) is 0 Å². The predicted octanol–water partition coefficient (Wildman–Crippen LogP) is 1.72. The molecule has 1 heterocycles. The Balaban J connectivity index is 3.48. The summed E-state index contributed by atoms with van der Waals surface area (Å²) in [4.78, 5) is 0. The van der Waals surface area contributed by atoms with Crippen LogP contribution in [0.1, 0.15) is 23.7 Å². The fourth-order valence-electron chi connectivity index (χ4n) is 1.16. The van der Waals surface area contributed by atoms with Gasteiger partial charge in [-0.1, -0.05) is 6.92 Å². The van der Waals surface area contributed by atoms with Crippen LogP contribution in [0, 0.1) is 23.5 Å². The summed E-state index contributed by atoms with van der Waals surface area (Å²) < 4.78 is 0.596. The maximum absolute atomic E-state index is 11.4. The first-order valence-corrected chi connectivity index (χ1v) is 4.31. The molecule has 1 aromatic heterocycles. The van der Waals surface area contributed by atoms with E-state index in [-0.39, 0.29) is 10.7 Å².